The summed E-state index contributed by atoms with van der Waals surface area (Å²) in [5.74, 6) is -0.893. The molecule has 0 heterocycles. The van der Waals surface area contributed by atoms with Crippen LogP contribution in [0.5, 0.6) is 11.5 Å². The zero-order chi connectivity index (χ0) is 25.7. The summed E-state index contributed by atoms with van der Waals surface area (Å²) in [5, 5.41) is 31.5. The summed E-state index contributed by atoms with van der Waals surface area (Å²) in [7, 11) is 0. The number of carbonyl (C=O) groups is 1. The molecule has 4 rings (SSSR count). The molecule has 0 fully saturated rings. The van der Waals surface area contributed by atoms with Crippen LogP contribution in [-0.4, -0.2) is 27.2 Å². The number of benzene rings is 4. The second kappa shape index (κ2) is 10.3. The quantitative estimate of drug-likeness (QED) is 0.180. The maximum absolute atomic E-state index is 11.7. The SMILES string of the molecule is O=C(O)C(Oc1ccc(-c2cccc([N+](=O)[O-])c2)cc1)Oc1ccc(-c2cccc([N+](=O)[O-])c2)cc1. The first-order chi connectivity index (χ1) is 17.3. The first-order valence-electron chi connectivity index (χ1n) is 10.6. The van der Waals surface area contributed by atoms with Crippen molar-refractivity contribution in [2.75, 3.05) is 0 Å². The Hall–Kier alpha value is -5.25. The molecule has 1 N–H and O–H groups in total. The van der Waals surface area contributed by atoms with Crippen molar-refractivity contribution in [1.82, 2.24) is 0 Å². The molecule has 0 saturated heterocycles. The highest BCUT2D eigenvalue weighted by Gasteiger charge is 2.22. The summed E-state index contributed by atoms with van der Waals surface area (Å²) in [6.07, 6.45) is -1.64. The van der Waals surface area contributed by atoms with E-state index in [0.29, 0.717) is 22.3 Å². The van der Waals surface area contributed by atoms with Gasteiger partial charge in [0.15, 0.2) is 0 Å². The monoisotopic (exact) mass is 486 g/mol. The number of nitro benzene ring substituents is 2. The lowest BCUT2D eigenvalue weighted by atomic mass is 10.1. The van der Waals surface area contributed by atoms with Gasteiger partial charge >= 0.3 is 12.3 Å². The minimum absolute atomic E-state index is 0.0383. The molecule has 0 spiro atoms. The molecule has 0 amide bonds. The van der Waals surface area contributed by atoms with Crippen LogP contribution in [0.3, 0.4) is 0 Å². The van der Waals surface area contributed by atoms with Crippen molar-refractivity contribution in [3.8, 4) is 33.8 Å². The van der Waals surface area contributed by atoms with E-state index in [0.717, 1.165) is 0 Å². The Kier molecular flexibility index (Phi) is 6.87. The van der Waals surface area contributed by atoms with Crippen LogP contribution in [0.15, 0.2) is 97.1 Å². The largest absolute Gasteiger partial charge is 0.476 e. The summed E-state index contributed by atoms with van der Waals surface area (Å²) in [6, 6.07) is 25.1. The van der Waals surface area contributed by atoms with Crippen LogP contribution in [0.1, 0.15) is 0 Å². The first kappa shape index (κ1) is 23.9. The van der Waals surface area contributed by atoms with Crippen molar-refractivity contribution in [3.63, 3.8) is 0 Å². The van der Waals surface area contributed by atoms with E-state index in [9.17, 15) is 30.1 Å². The van der Waals surface area contributed by atoms with Gasteiger partial charge in [0.05, 0.1) is 9.85 Å². The molecule has 36 heavy (non-hydrogen) atoms. The molecular formula is C26H18N2O8. The van der Waals surface area contributed by atoms with Crippen LogP contribution >= 0.6 is 0 Å². The van der Waals surface area contributed by atoms with E-state index in [-0.39, 0.29) is 22.9 Å². The average molecular weight is 486 g/mol. The average Bonchev–Trinajstić information content (AvgIpc) is 2.89. The van der Waals surface area contributed by atoms with E-state index in [4.69, 9.17) is 9.47 Å². The van der Waals surface area contributed by atoms with E-state index in [1.807, 2.05) is 0 Å². The van der Waals surface area contributed by atoms with Gasteiger partial charge in [-0.15, -0.1) is 0 Å². The highest BCUT2D eigenvalue weighted by atomic mass is 16.7. The standard InChI is InChI=1S/C26H18N2O8/c29-25(30)26(35-23-11-7-17(8-12-23)19-3-1-5-21(15-19)27(31)32)36-24-13-9-18(10-14-24)20-4-2-6-22(16-20)28(33)34/h1-16,26H,(H,29,30). The number of aliphatic carboxylic acids is 1. The van der Waals surface area contributed by atoms with Crippen molar-refractivity contribution in [1.29, 1.82) is 0 Å². The molecule has 0 atom stereocenters. The lowest BCUT2D eigenvalue weighted by Crippen LogP contribution is -2.33. The van der Waals surface area contributed by atoms with Crippen LogP contribution < -0.4 is 9.47 Å². The molecule has 0 saturated carbocycles. The third-order valence-electron chi connectivity index (χ3n) is 5.18. The molecule has 10 nitrogen and oxygen atoms in total. The van der Waals surface area contributed by atoms with Gasteiger partial charge in [-0.3, -0.25) is 20.2 Å². The van der Waals surface area contributed by atoms with Crippen LogP contribution in [0.25, 0.3) is 22.3 Å². The van der Waals surface area contributed by atoms with Crippen LogP contribution in [0, 0.1) is 20.2 Å². The lowest BCUT2D eigenvalue weighted by molar-refractivity contribution is -0.385. The molecule has 10 heteroatoms. The van der Waals surface area contributed by atoms with Crippen LogP contribution in [-0.2, 0) is 4.79 Å². The lowest BCUT2D eigenvalue weighted by Gasteiger charge is -2.17. The predicted octanol–water partition coefficient (Wildman–Crippen LogP) is 5.71. The van der Waals surface area contributed by atoms with Crippen molar-refractivity contribution < 1.29 is 29.2 Å². The maximum Gasteiger partial charge on any atom is 0.387 e. The van der Waals surface area contributed by atoms with E-state index >= 15 is 0 Å². The number of ether oxygens (including phenoxy) is 2. The summed E-state index contributed by atoms with van der Waals surface area (Å²) in [4.78, 5) is 32.7. The Morgan fingerprint density at radius 3 is 1.36 bits per heavy atom. The normalized spacial score (nSPS) is 10.6. The third-order valence-corrected chi connectivity index (χ3v) is 5.18. The Morgan fingerprint density at radius 2 is 1.03 bits per heavy atom. The van der Waals surface area contributed by atoms with E-state index in [2.05, 4.69) is 0 Å². The van der Waals surface area contributed by atoms with Crippen molar-refractivity contribution in [2.45, 2.75) is 6.29 Å². The molecule has 0 aliphatic rings. The number of hydrogen-bond donors (Lipinski definition) is 1. The Morgan fingerprint density at radius 1 is 0.639 bits per heavy atom. The first-order valence-corrected chi connectivity index (χ1v) is 10.6. The smallest absolute Gasteiger partial charge is 0.387 e. The molecule has 0 aliphatic heterocycles. The second-order valence-corrected chi connectivity index (χ2v) is 7.57. The number of carboxylic acid groups (broad SMARTS) is 1. The number of carboxylic acids is 1. The van der Waals surface area contributed by atoms with Gasteiger partial charge in [0.2, 0.25) is 0 Å². The van der Waals surface area contributed by atoms with E-state index < -0.39 is 22.1 Å². The minimum atomic E-state index is -1.64. The van der Waals surface area contributed by atoms with Gasteiger partial charge in [-0.2, -0.15) is 0 Å². The van der Waals surface area contributed by atoms with Gasteiger partial charge in [0.1, 0.15) is 11.5 Å². The van der Waals surface area contributed by atoms with Gasteiger partial charge in [0.25, 0.3) is 11.4 Å². The van der Waals surface area contributed by atoms with Crippen molar-refractivity contribution in [2.24, 2.45) is 0 Å². The van der Waals surface area contributed by atoms with E-state index in [1.165, 1.54) is 24.3 Å². The molecule has 0 unspecified atom stereocenters. The van der Waals surface area contributed by atoms with Crippen molar-refractivity contribution in [3.05, 3.63) is 117 Å². The zero-order valence-corrected chi connectivity index (χ0v) is 18.5. The van der Waals surface area contributed by atoms with Crippen molar-refractivity contribution >= 4 is 17.3 Å². The number of rotatable bonds is 9. The van der Waals surface area contributed by atoms with Crippen LogP contribution in [0.2, 0.25) is 0 Å². The number of hydrogen-bond acceptors (Lipinski definition) is 7. The summed E-state index contributed by atoms with van der Waals surface area (Å²) in [5.41, 5.74) is 2.56. The van der Waals surface area contributed by atoms with E-state index in [1.54, 1.807) is 72.8 Å². The fourth-order valence-corrected chi connectivity index (χ4v) is 3.42. The maximum atomic E-state index is 11.7. The topological polar surface area (TPSA) is 142 Å². The third kappa shape index (κ3) is 5.62. The molecule has 180 valence electrons. The summed E-state index contributed by atoms with van der Waals surface area (Å²) in [6.45, 7) is 0. The molecule has 0 aliphatic carbocycles. The fraction of sp³-hybridized carbons (Fsp3) is 0.0385. The fourth-order valence-electron chi connectivity index (χ4n) is 3.42. The minimum Gasteiger partial charge on any atom is -0.476 e. The van der Waals surface area contributed by atoms with Crippen LogP contribution in [0.4, 0.5) is 11.4 Å². The van der Waals surface area contributed by atoms with Gasteiger partial charge in [0, 0.05) is 24.3 Å². The zero-order valence-electron chi connectivity index (χ0n) is 18.5. The van der Waals surface area contributed by atoms with Gasteiger partial charge in [-0.25, -0.2) is 4.79 Å². The van der Waals surface area contributed by atoms with Gasteiger partial charge in [-0.05, 0) is 46.5 Å². The summed E-state index contributed by atoms with van der Waals surface area (Å²) >= 11 is 0. The molecule has 4 aromatic carbocycles. The highest BCUT2D eigenvalue weighted by Crippen LogP contribution is 2.28. The highest BCUT2D eigenvalue weighted by molar-refractivity contribution is 5.72. The molecule has 4 aromatic rings. The Balaban J connectivity index is 1.46. The molecular weight excluding hydrogens is 468 g/mol. The Labute approximate surface area is 204 Å². The number of nitro groups is 2. The van der Waals surface area contributed by atoms with Gasteiger partial charge < -0.3 is 14.6 Å². The molecule has 0 radical (unpaired) electrons. The number of non-ortho nitro benzene ring substituents is 2. The second-order valence-electron chi connectivity index (χ2n) is 7.57. The molecule has 0 aromatic heterocycles. The summed E-state index contributed by atoms with van der Waals surface area (Å²) < 4.78 is 11.0. The number of nitrogens with zero attached hydrogens (tertiary/aromatic N) is 2. The van der Waals surface area contributed by atoms with Gasteiger partial charge in [-0.1, -0.05) is 48.5 Å². The predicted molar refractivity (Wildman–Crippen MR) is 130 cm³/mol. The Bertz CT molecular complexity index is 1320. The molecule has 0 bridgehead atoms.